The molecule has 1 aliphatic heterocycles. The lowest BCUT2D eigenvalue weighted by Gasteiger charge is -2.23. The number of rotatable bonds is 2. The molecule has 1 aromatic rings. The highest BCUT2D eigenvalue weighted by molar-refractivity contribution is 7.14. The summed E-state index contributed by atoms with van der Waals surface area (Å²) in [5, 5.41) is 0. The molecule has 0 unspecified atom stereocenters. The molecule has 3 nitrogen and oxygen atoms in total. The minimum atomic E-state index is 0.223. The van der Waals surface area contributed by atoms with Crippen LogP contribution >= 0.6 is 11.3 Å². The maximum atomic E-state index is 12.5. The second kappa shape index (κ2) is 6.06. The molecular weight excluding hydrogens is 256 g/mol. The van der Waals surface area contributed by atoms with Crippen molar-refractivity contribution in [3.63, 3.8) is 0 Å². The second-order valence-corrected chi connectivity index (χ2v) is 6.95. The van der Waals surface area contributed by atoms with Crippen LogP contribution in [0.15, 0.2) is 6.07 Å². The molecule has 0 bridgehead atoms. The summed E-state index contributed by atoms with van der Waals surface area (Å²) in [7, 11) is 4.27. The van der Waals surface area contributed by atoms with E-state index in [0.717, 1.165) is 30.8 Å². The van der Waals surface area contributed by atoms with Crippen LogP contribution in [0.2, 0.25) is 0 Å². The van der Waals surface area contributed by atoms with Crippen LogP contribution in [0.5, 0.6) is 0 Å². The Morgan fingerprint density at radius 2 is 2.05 bits per heavy atom. The van der Waals surface area contributed by atoms with E-state index in [0.29, 0.717) is 6.04 Å². The van der Waals surface area contributed by atoms with E-state index in [4.69, 9.17) is 0 Å². The molecule has 0 spiro atoms. The van der Waals surface area contributed by atoms with Crippen molar-refractivity contribution >= 4 is 17.2 Å². The fraction of sp³-hybridized carbons (Fsp3) is 0.667. The molecule has 19 heavy (non-hydrogen) atoms. The number of hydrogen-bond donors (Lipinski definition) is 0. The van der Waals surface area contributed by atoms with Crippen molar-refractivity contribution in [3.8, 4) is 0 Å². The fourth-order valence-corrected chi connectivity index (χ4v) is 3.63. The number of hydrogen-bond acceptors (Lipinski definition) is 3. The number of aryl methyl sites for hydroxylation is 2. The summed E-state index contributed by atoms with van der Waals surface area (Å²) in [6.45, 7) is 5.95. The molecule has 4 heteroatoms. The van der Waals surface area contributed by atoms with Crippen molar-refractivity contribution in [1.82, 2.24) is 9.80 Å². The fourth-order valence-electron chi connectivity index (χ4n) is 2.63. The summed E-state index contributed by atoms with van der Waals surface area (Å²) >= 11 is 1.63. The van der Waals surface area contributed by atoms with Gasteiger partial charge >= 0.3 is 0 Å². The Kier molecular flexibility index (Phi) is 4.63. The van der Waals surface area contributed by atoms with Gasteiger partial charge in [0, 0.05) is 24.0 Å². The van der Waals surface area contributed by atoms with Crippen LogP contribution in [-0.4, -0.2) is 48.9 Å². The Morgan fingerprint density at radius 1 is 1.32 bits per heavy atom. The Morgan fingerprint density at radius 3 is 2.63 bits per heavy atom. The van der Waals surface area contributed by atoms with Crippen LogP contribution in [0.25, 0.3) is 0 Å². The van der Waals surface area contributed by atoms with Gasteiger partial charge in [0.1, 0.15) is 0 Å². The molecule has 0 aliphatic carbocycles. The van der Waals surface area contributed by atoms with Crippen molar-refractivity contribution < 1.29 is 4.79 Å². The van der Waals surface area contributed by atoms with Gasteiger partial charge in [-0.15, -0.1) is 11.3 Å². The van der Waals surface area contributed by atoms with Crippen molar-refractivity contribution in [2.45, 2.75) is 39.2 Å². The monoisotopic (exact) mass is 280 g/mol. The molecule has 0 radical (unpaired) electrons. The van der Waals surface area contributed by atoms with E-state index in [1.807, 2.05) is 11.0 Å². The summed E-state index contributed by atoms with van der Waals surface area (Å²) in [6.07, 6.45) is 3.39. The van der Waals surface area contributed by atoms with Crippen LogP contribution in [0.3, 0.4) is 0 Å². The highest BCUT2D eigenvalue weighted by Crippen LogP contribution is 2.23. The van der Waals surface area contributed by atoms with E-state index in [1.54, 1.807) is 11.3 Å². The minimum absolute atomic E-state index is 0.223. The maximum absolute atomic E-state index is 12.5. The molecule has 1 amide bonds. The van der Waals surface area contributed by atoms with Gasteiger partial charge in [0.25, 0.3) is 5.91 Å². The van der Waals surface area contributed by atoms with E-state index in [2.05, 4.69) is 32.8 Å². The van der Waals surface area contributed by atoms with Gasteiger partial charge in [-0.1, -0.05) is 0 Å². The Balaban J connectivity index is 2.04. The number of carbonyl (C=O) groups excluding carboxylic acids is 1. The number of likely N-dealkylation sites (tertiary alicyclic amines) is 1. The topological polar surface area (TPSA) is 23.6 Å². The predicted octanol–water partition coefficient (Wildman–Crippen LogP) is 2.92. The van der Waals surface area contributed by atoms with Gasteiger partial charge in [0.05, 0.1) is 4.88 Å². The van der Waals surface area contributed by atoms with E-state index >= 15 is 0 Å². The highest BCUT2D eigenvalue weighted by atomic mass is 32.1. The molecule has 2 rings (SSSR count). The summed E-state index contributed by atoms with van der Waals surface area (Å²) in [6, 6.07) is 2.65. The summed E-state index contributed by atoms with van der Waals surface area (Å²) in [4.78, 5) is 19.0. The lowest BCUT2D eigenvalue weighted by molar-refractivity contribution is 0.0763. The predicted molar refractivity (Wildman–Crippen MR) is 81.0 cm³/mol. The molecule has 1 fully saturated rings. The van der Waals surface area contributed by atoms with Crippen molar-refractivity contribution in [1.29, 1.82) is 0 Å². The van der Waals surface area contributed by atoms with Crippen LogP contribution in [0.1, 0.15) is 39.4 Å². The number of amides is 1. The van der Waals surface area contributed by atoms with Crippen molar-refractivity contribution in [2.24, 2.45) is 0 Å². The average Bonchev–Trinajstić information content (AvgIpc) is 2.59. The number of nitrogens with zero attached hydrogens (tertiary/aromatic N) is 2. The van der Waals surface area contributed by atoms with E-state index < -0.39 is 0 Å². The Hall–Kier alpha value is -0.870. The van der Waals surface area contributed by atoms with Gasteiger partial charge in [0.15, 0.2) is 0 Å². The molecule has 1 aromatic heterocycles. The van der Waals surface area contributed by atoms with Crippen molar-refractivity contribution in [3.05, 3.63) is 21.4 Å². The van der Waals surface area contributed by atoms with Crippen LogP contribution in [0.4, 0.5) is 0 Å². The van der Waals surface area contributed by atoms with Crippen LogP contribution in [0, 0.1) is 13.8 Å². The molecule has 106 valence electrons. The molecule has 1 saturated heterocycles. The Labute approximate surface area is 120 Å². The Bertz CT molecular complexity index is 433. The largest absolute Gasteiger partial charge is 0.338 e. The smallest absolute Gasteiger partial charge is 0.263 e. The lowest BCUT2D eigenvalue weighted by atomic mass is 10.1. The quantitative estimate of drug-likeness (QED) is 0.831. The molecule has 1 aliphatic rings. The van der Waals surface area contributed by atoms with E-state index in [-0.39, 0.29) is 5.91 Å². The molecule has 0 saturated carbocycles. The highest BCUT2D eigenvalue weighted by Gasteiger charge is 2.23. The summed E-state index contributed by atoms with van der Waals surface area (Å²) in [5.74, 6) is 0.223. The van der Waals surface area contributed by atoms with Gasteiger partial charge in [-0.3, -0.25) is 4.79 Å². The third kappa shape index (κ3) is 3.37. The van der Waals surface area contributed by atoms with Gasteiger partial charge in [0.2, 0.25) is 0 Å². The van der Waals surface area contributed by atoms with E-state index in [9.17, 15) is 4.79 Å². The summed E-state index contributed by atoms with van der Waals surface area (Å²) < 4.78 is 0. The second-order valence-electron chi connectivity index (χ2n) is 5.69. The first-order valence-corrected chi connectivity index (χ1v) is 7.83. The first-order valence-electron chi connectivity index (χ1n) is 7.01. The summed E-state index contributed by atoms with van der Waals surface area (Å²) in [5.41, 5.74) is 1.23. The van der Waals surface area contributed by atoms with Gasteiger partial charge in [-0.2, -0.15) is 0 Å². The number of carbonyl (C=O) groups is 1. The molecule has 0 N–H and O–H groups in total. The first kappa shape index (κ1) is 14.5. The van der Waals surface area contributed by atoms with Gasteiger partial charge in [-0.05, 0) is 58.8 Å². The van der Waals surface area contributed by atoms with Crippen LogP contribution in [-0.2, 0) is 0 Å². The van der Waals surface area contributed by atoms with Gasteiger partial charge in [-0.25, -0.2) is 0 Å². The maximum Gasteiger partial charge on any atom is 0.263 e. The van der Waals surface area contributed by atoms with Crippen molar-refractivity contribution in [2.75, 3.05) is 27.2 Å². The van der Waals surface area contributed by atoms with Gasteiger partial charge < -0.3 is 9.80 Å². The van der Waals surface area contributed by atoms with E-state index in [1.165, 1.54) is 16.9 Å². The number of thiophene rings is 1. The normalized spacial score (nSPS) is 20.7. The third-order valence-electron chi connectivity index (χ3n) is 4.09. The average molecular weight is 280 g/mol. The first-order chi connectivity index (χ1) is 8.99. The molecular formula is C15H24N2OS. The standard InChI is InChI=1S/C15H24N2OS/c1-11-10-14(19-12(11)2)15(18)17-8-5-6-13(7-9-17)16(3)4/h10,13H,5-9H2,1-4H3/t13-/m1/s1. The zero-order valence-corrected chi connectivity index (χ0v) is 13.2. The lowest BCUT2D eigenvalue weighted by Crippen LogP contribution is -2.33. The molecule has 1 atom stereocenters. The zero-order chi connectivity index (χ0) is 14.0. The van der Waals surface area contributed by atoms with Crippen LogP contribution < -0.4 is 0 Å². The molecule has 0 aromatic carbocycles. The molecule has 2 heterocycles. The third-order valence-corrected chi connectivity index (χ3v) is 5.23. The SMILES string of the molecule is Cc1cc(C(=O)N2CCC[C@@H](N(C)C)CC2)sc1C. The zero-order valence-electron chi connectivity index (χ0n) is 12.4. The minimum Gasteiger partial charge on any atom is -0.338 e.